The van der Waals surface area contributed by atoms with Gasteiger partial charge in [0.05, 0.1) is 24.6 Å². The van der Waals surface area contributed by atoms with Crippen LogP contribution in [0.5, 0.6) is 5.75 Å². The maximum Gasteiger partial charge on any atom is 0.255 e. The molecule has 9 heteroatoms. The molecule has 2 N–H and O–H groups in total. The molecular formula is C16H17N7O2. The third kappa shape index (κ3) is 2.53. The van der Waals surface area contributed by atoms with E-state index in [1.807, 2.05) is 31.2 Å². The van der Waals surface area contributed by atoms with Crippen LogP contribution in [0.4, 0.5) is 0 Å². The molecule has 0 unspecified atom stereocenters. The summed E-state index contributed by atoms with van der Waals surface area (Å²) >= 11 is 0. The highest BCUT2D eigenvalue weighted by molar-refractivity contribution is 5.96. The lowest BCUT2D eigenvalue weighted by molar-refractivity contribution is 0.0928. The molecule has 1 aromatic carbocycles. The maximum atomic E-state index is 12.7. The number of carbonyl (C=O) groups excluding carboxylic acids is 1. The number of aromatic amines is 1. The molecule has 1 amide bonds. The summed E-state index contributed by atoms with van der Waals surface area (Å²) in [5.41, 5.74) is 1.48. The Labute approximate surface area is 143 Å². The van der Waals surface area contributed by atoms with Crippen LogP contribution in [0.2, 0.25) is 0 Å². The van der Waals surface area contributed by atoms with Crippen LogP contribution in [0.25, 0.3) is 5.69 Å². The molecule has 0 spiro atoms. The summed E-state index contributed by atoms with van der Waals surface area (Å²) in [6.07, 6.45) is 3.14. The van der Waals surface area contributed by atoms with E-state index in [0.717, 1.165) is 24.2 Å². The predicted octanol–water partition coefficient (Wildman–Crippen LogP) is 1.12. The van der Waals surface area contributed by atoms with Crippen LogP contribution in [0.1, 0.15) is 34.7 Å². The average molecular weight is 339 g/mol. The Bertz CT molecular complexity index is 912. The van der Waals surface area contributed by atoms with Crippen molar-refractivity contribution in [2.45, 2.75) is 25.3 Å². The van der Waals surface area contributed by atoms with Crippen molar-refractivity contribution in [3.05, 3.63) is 47.5 Å². The van der Waals surface area contributed by atoms with Gasteiger partial charge in [0.25, 0.3) is 5.91 Å². The van der Waals surface area contributed by atoms with Gasteiger partial charge in [-0.25, -0.2) is 4.68 Å². The van der Waals surface area contributed by atoms with Crippen molar-refractivity contribution in [3.63, 3.8) is 0 Å². The minimum atomic E-state index is -0.525. The highest BCUT2D eigenvalue weighted by atomic mass is 16.5. The molecule has 3 aromatic rings. The van der Waals surface area contributed by atoms with Crippen molar-refractivity contribution >= 4 is 5.91 Å². The number of methoxy groups -OCH3 is 1. The number of tetrazole rings is 1. The van der Waals surface area contributed by atoms with Crippen LogP contribution in [-0.2, 0) is 5.54 Å². The number of carbonyl (C=O) groups is 1. The number of nitrogens with zero attached hydrogens (tertiary/aromatic N) is 5. The molecule has 2 aromatic heterocycles. The number of hydrogen-bond acceptors (Lipinski definition) is 6. The Morgan fingerprint density at radius 1 is 1.36 bits per heavy atom. The topological polar surface area (TPSA) is 111 Å². The second-order valence-electron chi connectivity index (χ2n) is 6.00. The van der Waals surface area contributed by atoms with Crippen molar-refractivity contribution in [3.8, 4) is 11.4 Å². The molecule has 1 aliphatic rings. The Balaban J connectivity index is 1.62. The van der Waals surface area contributed by atoms with Gasteiger partial charge in [0.2, 0.25) is 0 Å². The highest BCUT2D eigenvalue weighted by Gasteiger charge is 2.49. The van der Waals surface area contributed by atoms with Crippen LogP contribution >= 0.6 is 0 Å². The second kappa shape index (κ2) is 5.69. The van der Waals surface area contributed by atoms with Gasteiger partial charge in [-0.15, -0.1) is 10.2 Å². The fourth-order valence-corrected chi connectivity index (χ4v) is 2.86. The zero-order valence-corrected chi connectivity index (χ0v) is 13.9. The van der Waals surface area contributed by atoms with E-state index in [-0.39, 0.29) is 5.91 Å². The van der Waals surface area contributed by atoms with Crippen LogP contribution in [0.15, 0.2) is 30.5 Å². The first-order chi connectivity index (χ1) is 12.1. The van der Waals surface area contributed by atoms with Crippen molar-refractivity contribution in [2.24, 2.45) is 0 Å². The minimum Gasteiger partial charge on any atom is -0.494 e. The highest BCUT2D eigenvalue weighted by Crippen LogP contribution is 2.43. The van der Waals surface area contributed by atoms with Crippen LogP contribution in [-0.4, -0.2) is 43.4 Å². The van der Waals surface area contributed by atoms with E-state index >= 15 is 0 Å². The number of rotatable bonds is 5. The van der Waals surface area contributed by atoms with Gasteiger partial charge in [-0.1, -0.05) is 17.3 Å². The van der Waals surface area contributed by atoms with Crippen LogP contribution in [0.3, 0.4) is 0 Å². The summed E-state index contributed by atoms with van der Waals surface area (Å²) in [6, 6.07) is 7.53. The number of benzene rings is 1. The third-order valence-corrected chi connectivity index (χ3v) is 4.44. The monoisotopic (exact) mass is 339 g/mol. The fraction of sp³-hybridized carbons (Fsp3) is 0.312. The molecule has 0 bridgehead atoms. The molecule has 1 aliphatic carbocycles. The molecular weight excluding hydrogens is 322 g/mol. The van der Waals surface area contributed by atoms with Crippen LogP contribution in [0, 0.1) is 6.92 Å². The number of ether oxygens (including phenoxy) is 1. The quantitative estimate of drug-likeness (QED) is 0.721. The molecule has 0 saturated heterocycles. The lowest BCUT2D eigenvalue weighted by atomic mass is 10.2. The first kappa shape index (κ1) is 15.3. The summed E-state index contributed by atoms with van der Waals surface area (Å²) in [7, 11) is 1.60. The average Bonchev–Trinajstić information content (AvgIpc) is 3.05. The Morgan fingerprint density at radius 3 is 2.84 bits per heavy atom. The molecule has 0 radical (unpaired) electrons. The van der Waals surface area contributed by atoms with E-state index in [0.29, 0.717) is 17.1 Å². The summed E-state index contributed by atoms with van der Waals surface area (Å²) < 4.78 is 7.07. The lowest BCUT2D eigenvalue weighted by Gasteiger charge is -2.13. The van der Waals surface area contributed by atoms with Gasteiger partial charge in [-0.3, -0.25) is 4.79 Å². The molecule has 1 fully saturated rings. The Hall–Kier alpha value is -3.23. The van der Waals surface area contributed by atoms with Gasteiger partial charge in [0.1, 0.15) is 17.0 Å². The second-order valence-corrected chi connectivity index (χ2v) is 6.00. The zero-order valence-electron chi connectivity index (χ0n) is 13.9. The first-order valence-corrected chi connectivity index (χ1v) is 7.89. The Morgan fingerprint density at radius 2 is 2.16 bits per heavy atom. The number of H-pyrrole nitrogens is 1. The summed E-state index contributed by atoms with van der Waals surface area (Å²) in [4.78, 5) is 12.7. The molecule has 1 saturated carbocycles. The third-order valence-electron chi connectivity index (χ3n) is 4.44. The number of aromatic nitrogens is 6. The molecule has 2 heterocycles. The van der Waals surface area contributed by atoms with Gasteiger partial charge in [-0.05, 0) is 31.9 Å². The largest absolute Gasteiger partial charge is 0.494 e. The summed E-state index contributed by atoms with van der Waals surface area (Å²) in [6.45, 7) is 1.85. The first-order valence-electron chi connectivity index (χ1n) is 7.89. The summed E-state index contributed by atoms with van der Waals surface area (Å²) in [5, 5.41) is 21.4. The van der Waals surface area contributed by atoms with Crippen molar-refractivity contribution in [2.75, 3.05) is 7.11 Å². The van der Waals surface area contributed by atoms with Gasteiger partial charge in [0, 0.05) is 0 Å². The SMILES string of the molecule is COc1ccccc1-n1ncc(C(=O)NC2(c3nn[nH]n3)CC2)c1C. The smallest absolute Gasteiger partial charge is 0.255 e. The van der Waals surface area contributed by atoms with E-state index in [1.165, 1.54) is 0 Å². The van der Waals surface area contributed by atoms with Crippen molar-refractivity contribution in [1.82, 2.24) is 35.7 Å². The number of para-hydroxylation sites is 2. The number of nitrogens with one attached hydrogen (secondary N) is 2. The van der Waals surface area contributed by atoms with Crippen molar-refractivity contribution < 1.29 is 9.53 Å². The molecule has 0 atom stereocenters. The maximum absolute atomic E-state index is 12.7. The molecule has 25 heavy (non-hydrogen) atoms. The fourth-order valence-electron chi connectivity index (χ4n) is 2.86. The summed E-state index contributed by atoms with van der Waals surface area (Å²) in [5.74, 6) is 0.989. The van der Waals surface area contributed by atoms with E-state index in [2.05, 4.69) is 31.0 Å². The molecule has 0 aliphatic heterocycles. The molecule has 128 valence electrons. The van der Waals surface area contributed by atoms with Gasteiger partial charge < -0.3 is 10.1 Å². The standard InChI is InChI=1S/C16H17N7O2/c1-10-11(9-17-23(10)12-5-3-4-6-13(12)25-2)14(24)18-16(7-8-16)15-19-21-22-20-15/h3-6,9H,7-8H2,1-2H3,(H,18,24)(H,19,20,21,22). The van der Waals surface area contributed by atoms with Gasteiger partial charge in [0.15, 0.2) is 5.82 Å². The van der Waals surface area contributed by atoms with E-state index < -0.39 is 5.54 Å². The zero-order chi connectivity index (χ0) is 17.4. The predicted molar refractivity (Wildman–Crippen MR) is 87.4 cm³/mol. The van der Waals surface area contributed by atoms with Crippen LogP contribution < -0.4 is 10.1 Å². The Kier molecular flexibility index (Phi) is 3.48. The van der Waals surface area contributed by atoms with Crippen molar-refractivity contribution in [1.29, 1.82) is 0 Å². The van der Waals surface area contributed by atoms with Gasteiger partial charge >= 0.3 is 0 Å². The number of amides is 1. The molecule has 9 nitrogen and oxygen atoms in total. The van der Waals surface area contributed by atoms with Gasteiger partial charge in [-0.2, -0.15) is 10.3 Å². The number of hydrogen-bond donors (Lipinski definition) is 2. The molecule has 4 rings (SSSR count). The van der Waals surface area contributed by atoms with E-state index in [9.17, 15) is 4.79 Å². The van der Waals surface area contributed by atoms with E-state index in [4.69, 9.17) is 4.74 Å². The lowest BCUT2D eigenvalue weighted by Crippen LogP contribution is -2.36. The van der Waals surface area contributed by atoms with E-state index in [1.54, 1.807) is 18.0 Å². The normalized spacial score (nSPS) is 15.0. The minimum absolute atomic E-state index is 0.207.